The van der Waals surface area contributed by atoms with Crippen molar-refractivity contribution in [3.05, 3.63) is 23.3 Å². The lowest BCUT2D eigenvalue weighted by Crippen LogP contribution is -2.12. The van der Waals surface area contributed by atoms with E-state index < -0.39 is 0 Å². The maximum Gasteiger partial charge on any atom is 0.268 e. The molecule has 0 aliphatic carbocycles. The number of hydrogen-bond donors (Lipinski definition) is 1. The molecule has 0 fully saturated rings. The van der Waals surface area contributed by atoms with E-state index in [4.69, 9.17) is 4.52 Å². The number of rotatable bonds is 4. The molecule has 0 aliphatic heterocycles. The van der Waals surface area contributed by atoms with Crippen LogP contribution in [-0.2, 0) is 6.54 Å². The lowest BCUT2D eigenvalue weighted by Gasteiger charge is -1.92. The van der Waals surface area contributed by atoms with Crippen molar-refractivity contribution in [3.8, 4) is 10.8 Å². The van der Waals surface area contributed by atoms with Crippen molar-refractivity contribution in [2.75, 3.05) is 6.54 Å². The van der Waals surface area contributed by atoms with Crippen LogP contribution in [0.4, 0.5) is 0 Å². The van der Waals surface area contributed by atoms with Crippen LogP contribution in [0.15, 0.2) is 22.0 Å². The SMILES string of the molecule is CCNCc1noc(-c2cc3sccc3s2)n1. The summed E-state index contributed by atoms with van der Waals surface area (Å²) in [6, 6.07) is 4.22. The van der Waals surface area contributed by atoms with E-state index >= 15 is 0 Å². The van der Waals surface area contributed by atoms with Crippen molar-refractivity contribution in [1.82, 2.24) is 15.5 Å². The molecule has 0 amide bonds. The molecule has 0 unspecified atom stereocenters. The molecule has 3 heterocycles. The number of nitrogens with zero attached hydrogens (tertiary/aromatic N) is 2. The van der Waals surface area contributed by atoms with E-state index in [-0.39, 0.29) is 0 Å². The van der Waals surface area contributed by atoms with Gasteiger partial charge in [-0.3, -0.25) is 0 Å². The van der Waals surface area contributed by atoms with E-state index in [0.29, 0.717) is 18.3 Å². The Morgan fingerprint density at radius 1 is 1.41 bits per heavy atom. The van der Waals surface area contributed by atoms with Gasteiger partial charge in [0.2, 0.25) is 0 Å². The van der Waals surface area contributed by atoms with Gasteiger partial charge in [-0.25, -0.2) is 0 Å². The molecule has 0 aromatic carbocycles. The average Bonchev–Trinajstić information content (AvgIpc) is 3.00. The Hall–Kier alpha value is -1.24. The molecule has 0 radical (unpaired) electrons. The Bertz CT molecular complexity index is 597. The van der Waals surface area contributed by atoms with Gasteiger partial charge in [0, 0.05) is 9.40 Å². The average molecular weight is 265 g/mol. The predicted molar refractivity (Wildman–Crippen MR) is 70.4 cm³/mol. The summed E-state index contributed by atoms with van der Waals surface area (Å²) in [5.74, 6) is 1.32. The zero-order chi connectivity index (χ0) is 11.7. The van der Waals surface area contributed by atoms with Crippen LogP contribution in [0.5, 0.6) is 0 Å². The molecule has 6 heteroatoms. The van der Waals surface area contributed by atoms with Crippen molar-refractivity contribution in [2.24, 2.45) is 0 Å². The van der Waals surface area contributed by atoms with E-state index in [0.717, 1.165) is 11.4 Å². The topological polar surface area (TPSA) is 51.0 Å². The second-order valence-corrected chi connectivity index (χ2v) is 5.59. The first-order valence-corrected chi connectivity index (χ1v) is 7.07. The van der Waals surface area contributed by atoms with Crippen LogP contribution in [0.2, 0.25) is 0 Å². The standard InChI is InChI=1S/C11H11N3OS2/c1-2-12-6-10-13-11(15-14-10)9-5-8-7(17-9)3-4-16-8/h3-5,12H,2,6H2,1H3. The van der Waals surface area contributed by atoms with E-state index in [1.54, 1.807) is 22.7 Å². The van der Waals surface area contributed by atoms with Crippen molar-refractivity contribution in [2.45, 2.75) is 13.5 Å². The van der Waals surface area contributed by atoms with Crippen LogP contribution in [0.1, 0.15) is 12.7 Å². The first-order valence-electron chi connectivity index (χ1n) is 5.37. The van der Waals surface area contributed by atoms with Gasteiger partial charge in [-0.1, -0.05) is 12.1 Å². The minimum atomic E-state index is 0.617. The maximum atomic E-state index is 5.26. The summed E-state index contributed by atoms with van der Waals surface area (Å²) in [7, 11) is 0. The molecule has 0 spiro atoms. The zero-order valence-electron chi connectivity index (χ0n) is 9.27. The normalized spacial score (nSPS) is 11.4. The molecule has 0 atom stereocenters. The summed E-state index contributed by atoms with van der Waals surface area (Å²) in [5, 5.41) is 9.21. The highest BCUT2D eigenvalue weighted by atomic mass is 32.1. The highest BCUT2D eigenvalue weighted by Crippen LogP contribution is 2.35. The molecule has 0 aliphatic rings. The Kier molecular flexibility index (Phi) is 2.92. The number of hydrogen-bond acceptors (Lipinski definition) is 6. The van der Waals surface area contributed by atoms with Gasteiger partial charge in [0.05, 0.1) is 11.4 Å². The molecular weight excluding hydrogens is 254 g/mol. The Balaban J connectivity index is 1.88. The molecule has 1 N–H and O–H groups in total. The molecule has 4 nitrogen and oxygen atoms in total. The van der Waals surface area contributed by atoms with Gasteiger partial charge in [0.15, 0.2) is 5.82 Å². The van der Waals surface area contributed by atoms with Crippen LogP contribution in [0.25, 0.3) is 20.2 Å². The summed E-state index contributed by atoms with van der Waals surface area (Å²) in [5.41, 5.74) is 0. The van der Waals surface area contributed by atoms with Gasteiger partial charge < -0.3 is 9.84 Å². The van der Waals surface area contributed by atoms with E-state index in [2.05, 4.69) is 33.0 Å². The molecule has 17 heavy (non-hydrogen) atoms. The van der Waals surface area contributed by atoms with Crippen molar-refractivity contribution in [1.29, 1.82) is 0 Å². The highest BCUT2D eigenvalue weighted by molar-refractivity contribution is 7.28. The second kappa shape index (κ2) is 4.56. The van der Waals surface area contributed by atoms with Gasteiger partial charge >= 0.3 is 0 Å². The molecule has 3 aromatic heterocycles. The van der Waals surface area contributed by atoms with Gasteiger partial charge in [0.25, 0.3) is 5.89 Å². The van der Waals surface area contributed by atoms with Gasteiger partial charge in [-0.2, -0.15) is 4.98 Å². The highest BCUT2D eigenvalue weighted by Gasteiger charge is 2.12. The second-order valence-electron chi connectivity index (χ2n) is 3.56. The fraction of sp³-hybridized carbons (Fsp3) is 0.273. The summed E-state index contributed by atoms with van der Waals surface area (Å²) in [6.45, 7) is 3.60. The van der Waals surface area contributed by atoms with Crippen LogP contribution in [-0.4, -0.2) is 16.7 Å². The first-order chi connectivity index (χ1) is 8.36. The number of fused-ring (bicyclic) bond motifs is 1. The third kappa shape index (κ3) is 2.11. The van der Waals surface area contributed by atoms with Crippen molar-refractivity contribution in [3.63, 3.8) is 0 Å². The van der Waals surface area contributed by atoms with Gasteiger partial charge in [-0.05, 0) is 24.1 Å². The van der Waals surface area contributed by atoms with E-state index in [1.165, 1.54) is 9.40 Å². The van der Waals surface area contributed by atoms with Crippen molar-refractivity contribution >= 4 is 32.1 Å². The lowest BCUT2D eigenvalue weighted by atomic mass is 10.4. The quantitative estimate of drug-likeness (QED) is 0.787. The van der Waals surface area contributed by atoms with Crippen molar-refractivity contribution < 1.29 is 4.52 Å². The largest absolute Gasteiger partial charge is 0.333 e. The summed E-state index contributed by atoms with van der Waals surface area (Å²) in [6.07, 6.45) is 0. The third-order valence-corrected chi connectivity index (χ3v) is 4.43. The summed E-state index contributed by atoms with van der Waals surface area (Å²) < 4.78 is 7.81. The number of thiophene rings is 2. The minimum Gasteiger partial charge on any atom is -0.333 e. The number of aromatic nitrogens is 2. The lowest BCUT2D eigenvalue weighted by molar-refractivity contribution is 0.420. The first kappa shape index (κ1) is 10.9. The van der Waals surface area contributed by atoms with Gasteiger partial charge in [0.1, 0.15) is 0 Å². The Labute approximate surface area is 106 Å². The molecule has 0 bridgehead atoms. The Morgan fingerprint density at radius 3 is 3.18 bits per heavy atom. The van der Waals surface area contributed by atoms with Crippen LogP contribution < -0.4 is 5.32 Å². The Morgan fingerprint density at radius 2 is 2.35 bits per heavy atom. The summed E-state index contributed by atoms with van der Waals surface area (Å²) >= 11 is 3.42. The molecular formula is C11H11N3OS2. The molecule has 88 valence electrons. The summed E-state index contributed by atoms with van der Waals surface area (Å²) in [4.78, 5) is 5.41. The van der Waals surface area contributed by atoms with E-state index in [9.17, 15) is 0 Å². The molecule has 0 saturated heterocycles. The fourth-order valence-electron chi connectivity index (χ4n) is 1.53. The minimum absolute atomic E-state index is 0.617. The number of nitrogens with one attached hydrogen (secondary N) is 1. The molecule has 3 rings (SSSR count). The molecule has 0 saturated carbocycles. The van der Waals surface area contributed by atoms with E-state index in [1.807, 2.05) is 6.92 Å². The fourth-order valence-corrected chi connectivity index (χ4v) is 3.56. The molecule has 3 aromatic rings. The maximum absolute atomic E-state index is 5.26. The van der Waals surface area contributed by atoms with Crippen LogP contribution >= 0.6 is 22.7 Å². The monoisotopic (exact) mass is 265 g/mol. The smallest absolute Gasteiger partial charge is 0.268 e. The van der Waals surface area contributed by atoms with Crippen LogP contribution in [0.3, 0.4) is 0 Å². The predicted octanol–water partition coefficient (Wildman–Crippen LogP) is 3.12. The zero-order valence-corrected chi connectivity index (χ0v) is 10.9. The van der Waals surface area contributed by atoms with Crippen LogP contribution in [0, 0.1) is 0 Å². The third-order valence-electron chi connectivity index (χ3n) is 2.35. The van der Waals surface area contributed by atoms with Gasteiger partial charge in [-0.15, -0.1) is 22.7 Å².